The first-order chi connectivity index (χ1) is 11.6. The third kappa shape index (κ3) is 3.63. The molecule has 1 saturated heterocycles. The van der Waals surface area contributed by atoms with E-state index in [4.69, 9.17) is 4.74 Å². The lowest BCUT2D eigenvalue weighted by Gasteiger charge is -2.15. The molecule has 0 radical (unpaired) electrons. The van der Waals surface area contributed by atoms with Crippen LogP contribution in [0.15, 0.2) is 53.6 Å². The number of hydrogen-bond donors (Lipinski definition) is 0. The average Bonchev–Trinajstić information content (AvgIpc) is 3.16. The van der Waals surface area contributed by atoms with Gasteiger partial charge in [-0.15, -0.1) is 0 Å². The van der Waals surface area contributed by atoms with Gasteiger partial charge in [-0.25, -0.2) is 13.2 Å². The first-order valence-corrected chi connectivity index (χ1v) is 9.18. The van der Waals surface area contributed by atoms with Crippen LogP contribution in [0.5, 0.6) is 0 Å². The van der Waals surface area contributed by atoms with Gasteiger partial charge < -0.3 is 4.74 Å². The van der Waals surface area contributed by atoms with Crippen molar-refractivity contribution in [2.24, 2.45) is 0 Å². The Hall–Kier alpha value is -2.25. The van der Waals surface area contributed by atoms with E-state index in [-0.39, 0.29) is 11.5 Å². The van der Waals surface area contributed by atoms with Gasteiger partial charge in [0.15, 0.2) is 0 Å². The molecule has 1 aromatic carbocycles. The number of rotatable bonds is 5. The number of sulfonamides is 1. The number of ether oxygens (including phenoxy) is 1. The molecule has 0 spiro atoms. The highest BCUT2D eigenvalue weighted by Gasteiger charge is 2.27. The minimum absolute atomic E-state index is 0.0769. The predicted octanol–water partition coefficient (Wildman–Crippen LogP) is 2.22. The SMILES string of the molecule is O=C(OCc1ccccn1)c1ccc(S(=O)(=O)N2CCCC2)cc1. The molecule has 1 aliphatic heterocycles. The number of benzene rings is 1. The van der Waals surface area contributed by atoms with Crippen LogP contribution in [-0.2, 0) is 21.4 Å². The number of aromatic nitrogens is 1. The van der Waals surface area contributed by atoms with E-state index in [0.717, 1.165) is 12.8 Å². The smallest absolute Gasteiger partial charge is 0.338 e. The normalized spacial score (nSPS) is 15.3. The number of carbonyl (C=O) groups excluding carboxylic acids is 1. The molecule has 1 fully saturated rings. The Morgan fingerprint density at radius 1 is 1.08 bits per heavy atom. The Labute approximate surface area is 141 Å². The summed E-state index contributed by atoms with van der Waals surface area (Å²) in [5, 5.41) is 0. The number of pyridine rings is 1. The highest BCUT2D eigenvalue weighted by atomic mass is 32.2. The topological polar surface area (TPSA) is 76.6 Å². The van der Waals surface area contributed by atoms with Crippen LogP contribution in [0, 0.1) is 0 Å². The van der Waals surface area contributed by atoms with Crippen LogP contribution in [0.4, 0.5) is 0 Å². The summed E-state index contributed by atoms with van der Waals surface area (Å²) < 4.78 is 31.5. The molecule has 24 heavy (non-hydrogen) atoms. The van der Waals surface area contributed by atoms with Crippen LogP contribution in [0.25, 0.3) is 0 Å². The Bertz CT molecular complexity index is 798. The molecule has 0 bridgehead atoms. The fourth-order valence-electron chi connectivity index (χ4n) is 2.55. The second kappa shape index (κ2) is 7.11. The molecule has 2 heterocycles. The zero-order chi connectivity index (χ0) is 17.0. The maximum atomic E-state index is 12.4. The van der Waals surface area contributed by atoms with E-state index < -0.39 is 16.0 Å². The van der Waals surface area contributed by atoms with Gasteiger partial charge in [0.1, 0.15) is 6.61 Å². The van der Waals surface area contributed by atoms with Crippen molar-refractivity contribution in [3.8, 4) is 0 Å². The Kier molecular flexibility index (Phi) is 4.92. The molecule has 3 rings (SSSR count). The minimum Gasteiger partial charge on any atom is -0.456 e. The van der Waals surface area contributed by atoms with Crippen molar-refractivity contribution in [1.29, 1.82) is 0 Å². The number of hydrogen-bond acceptors (Lipinski definition) is 5. The quantitative estimate of drug-likeness (QED) is 0.776. The summed E-state index contributed by atoms with van der Waals surface area (Å²) in [6, 6.07) is 11.2. The second-order valence-corrected chi connectivity index (χ2v) is 7.47. The molecular formula is C17H18N2O4S. The van der Waals surface area contributed by atoms with Gasteiger partial charge in [0.05, 0.1) is 16.2 Å². The molecule has 2 aromatic rings. The highest BCUT2D eigenvalue weighted by molar-refractivity contribution is 7.89. The van der Waals surface area contributed by atoms with Gasteiger partial charge in [0.2, 0.25) is 10.0 Å². The summed E-state index contributed by atoms with van der Waals surface area (Å²) in [6.45, 7) is 1.18. The lowest BCUT2D eigenvalue weighted by molar-refractivity contribution is 0.0467. The van der Waals surface area contributed by atoms with Crippen LogP contribution in [0.2, 0.25) is 0 Å². The average molecular weight is 346 g/mol. The van der Waals surface area contributed by atoms with Crippen LogP contribution in [0.1, 0.15) is 28.9 Å². The number of carbonyl (C=O) groups is 1. The summed E-state index contributed by atoms with van der Waals surface area (Å²) in [5.74, 6) is -0.509. The van der Waals surface area contributed by atoms with E-state index in [9.17, 15) is 13.2 Å². The van der Waals surface area contributed by atoms with Crippen molar-refractivity contribution < 1.29 is 17.9 Å². The molecule has 7 heteroatoms. The minimum atomic E-state index is -3.47. The predicted molar refractivity (Wildman–Crippen MR) is 87.8 cm³/mol. The standard InChI is InChI=1S/C17H18N2O4S/c20-17(23-13-15-5-1-2-10-18-15)14-6-8-16(9-7-14)24(21,22)19-11-3-4-12-19/h1-2,5-10H,3-4,11-13H2. The monoisotopic (exact) mass is 346 g/mol. The van der Waals surface area contributed by atoms with Crippen LogP contribution in [-0.4, -0.2) is 36.8 Å². The summed E-state index contributed by atoms with van der Waals surface area (Å²) >= 11 is 0. The molecule has 0 atom stereocenters. The van der Waals surface area contributed by atoms with Gasteiger partial charge in [-0.05, 0) is 49.2 Å². The third-order valence-corrected chi connectivity index (χ3v) is 5.78. The molecule has 1 aromatic heterocycles. The lowest BCUT2D eigenvalue weighted by Crippen LogP contribution is -2.27. The van der Waals surface area contributed by atoms with Crippen LogP contribution in [0.3, 0.4) is 0 Å². The first kappa shape index (κ1) is 16.6. The maximum absolute atomic E-state index is 12.4. The van der Waals surface area contributed by atoms with Crippen molar-refractivity contribution in [2.45, 2.75) is 24.3 Å². The molecule has 0 unspecified atom stereocenters. The van der Waals surface area contributed by atoms with Crippen molar-refractivity contribution in [3.05, 3.63) is 59.9 Å². The van der Waals surface area contributed by atoms with Crippen molar-refractivity contribution >= 4 is 16.0 Å². The fourth-order valence-corrected chi connectivity index (χ4v) is 4.06. The summed E-state index contributed by atoms with van der Waals surface area (Å²) in [4.78, 5) is 16.3. The molecule has 126 valence electrons. The Morgan fingerprint density at radius 3 is 2.42 bits per heavy atom. The molecule has 0 N–H and O–H groups in total. The van der Waals surface area contributed by atoms with Gasteiger partial charge in [-0.1, -0.05) is 6.07 Å². The highest BCUT2D eigenvalue weighted by Crippen LogP contribution is 2.21. The molecule has 0 aliphatic carbocycles. The lowest BCUT2D eigenvalue weighted by atomic mass is 10.2. The zero-order valence-electron chi connectivity index (χ0n) is 13.1. The molecule has 0 amide bonds. The zero-order valence-corrected chi connectivity index (χ0v) is 13.9. The first-order valence-electron chi connectivity index (χ1n) is 7.74. The number of nitrogens with zero attached hydrogens (tertiary/aromatic N) is 2. The van der Waals surface area contributed by atoms with Crippen LogP contribution < -0.4 is 0 Å². The Morgan fingerprint density at radius 2 is 1.79 bits per heavy atom. The summed E-state index contributed by atoms with van der Waals surface area (Å²) in [7, 11) is -3.47. The molecule has 1 aliphatic rings. The van der Waals surface area contributed by atoms with Crippen molar-refractivity contribution in [1.82, 2.24) is 9.29 Å². The summed E-state index contributed by atoms with van der Waals surface area (Å²) in [5.41, 5.74) is 0.963. The molecule has 0 saturated carbocycles. The van der Waals surface area contributed by atoms with E-state index in [0.29, 0.717) is 24.3 Å². The number of esters is 1. The molecular weight excluding hydrogens is 328 g/mol. The second-order valence-electron chi connectivity index (χ2n) is 5.53. The van der Waals surface area contributed by atoms with E-state index >= 15 is 0 Å². The van der Waals surface area contributed by atoms with Gasteiger partial charge in [0, 0.05) is 19.3 Å². The van der Waals surface area contributed by atoms with Crippen molar-refractivity contribution in [3.63, 3.8) is 0 Å². The van der Waals surface area contributed by atoms with E-state index in [1.807, 2.05) is 6.07 Å². The van der Waals surface area contributed by atoms with Gasteiger partial charge >= 0.3 is 5.97 Å². The fraction of sp³-hybridized carbons (Fsp3) is 0.294. The third-order valence-electron chi connectivity index (χ3n) is 3.87. The van der Waals surface area contributed by atoms with E-state index in [1.54, 1.807) is 18.3 Å². The largest absolute Gasteiger partial charge is 0.456 e. The van der Waals surface area contributed by atoms with E-state index in [1.165, 1.54) is 28.6 Å². The molecule has 6 nitrogen and oxygen atoms in total. The van der Waals surface area contributed by atoms with Gasteiger partial charge in [0.25, 0.3) is 0 Å². The summed E-state index contributed by atoms with van der Waals surface area (Å²) in [6.07, 6.45) is 3.40. The van der Waals surface area contributed by atoms with Gasteiger partial charge in [-0.2, -0.15) is 4.31 Å². The maximum Gasteiger partial charge on any atom is 0.338 e. The van der Waals surface area contributed by atoms with Crippen LogP contribution >= 0.6 is 0 Å². The van der Waals surface area contributed by atoms with E-state index in [2.05, 4.69) is 4.98 Å². The Balaban J connectivity index is 1.66. The van der Waals surface area contributed by atoms with Crippen molar-refractivity contribution in [2.75, 3.05) is 13.1 Å². The van der Waals surface area contributed by atoms with Gasteiger partial charge in [-0.3, -0.25) is 4.98 Å².